The SMILES string of the molecule is CCCCCCCC(=O)N[C@H]1CC2(O[C@H]1O)[C@@H]1O[C@@H]1C(=O)[C@@H]1O[C@@H]12. The van der Waals surface area contributed by atoms with Gasteiger partial charge >= 0.3 is 0 Å². The highest BCUT2D eigenvalue weighted by Gasteiger charge is 2.79. The van der Waals surface area contributed by atoms with E-state index in [0.717, 1.165) is 19.3 Å². The molecule has 1 spiro atoms. The molecular weight excluding hydrogens is 314 g/mol. The molecule has 7 heteroatoms. The van der Waals surface area contributed by atoms with Crippen LogP contribution in [0.25, 0.3) is 0 Å². The Labute approximate surface area is 141 Å². The number of fused-ring (bicyclic) bond motifs is 4. The molecule has 2 N–H and O–H groups in total. The number of ether oxygens (including phenoxy) is 3. The Kier molecular flexibility index (Phi) is 4.15. The van der Waals surface area contributed by atoms with Crippen molar-refractivity contribution in [2.75, 3.05) is 0 Å². The molecule has 0 radical (unpaired) electrons. The summed E-state index contributed by atoms with van der Waals surface area (Å²) in [7, 11) is 0. The van der Waals surface area contributed by atoms with Crippen LogP contribution in [0, 0.1) is 0 Å². The molecule has 7 atom stereocenters. The third-order valence-electron chi connectivity index (χ3n) is 5.58. The molecule has 4 rings (SSSR count). The fourth-order valence-electron chi connectivity index (χ4n) is 4.18. The number of aliphatic hydroxyl groups excluding tert-OH is 1. The van der Waals surface area contributed by atoms with Gasteiger partial charge in [0.1, 0.15) is 30.0 Å². The summed E-state index contributed by atoms with van der Waals surface area (Å²) in [5.74, 6) is -0.0853. The maximum atomic E-state index is 12.1. The van der Waals surface area contributed by atoms with Gasteiger partial charge in [-0.15, -0.1) is 0 Å². The lowest BCUT2D eigenvalue weighted by atomic mass is 9.81. The van der Waals surface area contributed by atoms with Crippen molar-refractivity contribution in [1.29, 1.82) is 0 Å². The predicted molar refractivity (Wildman–Crippen MR) is 82.1 cm³/mol. The van der Waals surface area contributed by atoms with Crippen LogP contribution >= 0.6 is 0 Å². The van der Waals surface area contributed by atoms with Crippen molar-refractivity contribution in [3.05, 3.63) is 0 Å². The monoisotopic (exact) mass is 339 g/mol. The lowest BCUT2D eigenvalue weighted by Crippen LogP contribution is -2.49. The zero-order valence-electron chi connectivity index (χ0n) is 13.9. The molecular formula is C17H25NO6. The number of nitrogens with one attached hydrogen (secondary N) is 1. The van der Waals surface area contributed by atoms with Crippen LogP contribution < -0.4 is 5.32 Å². The standard InChI is InChI=1S/C17H25NO6/c1-2-3-4-5-6-7-10(19)18-9-8-17(24-16(9)21)14-12(22-14)11(20)13-15(17)23-13/h9,12-16,21H,2-8H2,1H3,(H,18,19)/t9-,12-,13+,14-,15+,16+,17?/m0/s1. The molecule has 3 aliphatic heterocycles. The van der Waals surface area contributed by atoms with E-state index in [9.17, 15) is 14.7 Å². The fraction of sp³-hybridized carbons (Fsp3) is 0.882. The number of rotatable bonds is 7. The number of carbonyl (C=O) groups is 2. The maximum Gasteiger partial charge on any atom is 0.220 e. The van der Waals surface area contributed by atoms with Gasteiger partial charge in [0.15, 0.2) is 12.1 Å². The summed E-state index contributed by atoms with van der Waals surface area (Å²) in [6.45, 7) is 2.16. The quantitative estimate of drug-likeness (QED) is 0.515. The summed E-state index contributed by atoms with van der Waals surface area (Å²) in [5.41, 5.74) is -0.790. The summed E-state index contributed by atoms with van der Waals surface area (Å²) in [4.78, 5) is 23.9. The topological polar surface area (TPSA) is 101 Å². The molecule has 0 aromatic heterocycles. The fourth-order valence-corrected chi connectivity index (χ4v) is 4.18. The number of aliphatic hydroxyl groups is 1. The minimum absolute atomic E-state index is 0.0201. The van der Waals surface area contributed by atoms with Gasteiger partial charge in [0.25, 0.3) is 0 Å². The van der Waals surface area contributed by atoms with E-state index >= 15 is 0 Å². The summed E-state index contributed by atoms with van der Waals surface area (Å²) >= 11 is 0. The van der Waals surface area contributed by atoms with Crippen molar-refractivity contribution < 1.29 is 28.9 Å². The lowest BCUT2D eigenvalue weighted by molar-refractivity contribution is -0.160. The van der Waals surface area contributed by atoms with Gasteiger partial charge in [-0.3, -0.25) is 9.59 Å². The normalized spacial score (nSPS) is 45.0. The Morgan fingerprint density at radius 1 is 1.21 bits per heavy atom. The van der Waals surface area contributed by atoms with E-state index in [1.807, 2.05) is 0 Å². The second kappa shape index (κ2) is 6.05. The Morgan fingerprint density at radius 3 is 2.54 bits per heavy atom. The van der Waals surface area contributed by atoms with Crippen molar-refractivity contribution >= 4 is 11.7 Å². The predicted octanol–water partition coefficient (Wildman–Crippen LogP) is 0.427. The van der Waals surface area contributed by atoms with Gasteiger partial charge in [0.2, 0.25) is 5.91 Å². The number of amides is 1. The summed E-state index contributed by atoms with van der Waals surface area (Å²) in [5, 5.41) is 13.1. The van der Waals surface area contributed by atoms with Crippen molar-refractivity contribution in [2.24, 2.45) is 0 Å². The lowest BCUT2D eigenvalue weighted by Gasteiger charge is -2.26. The van der Waals surface area contributed by atoms with E-state index in [4.69, 9.17) is 14.2 Å². The van der Waals surface area contributed by atoms with Crippen LogP contribution in [0.1, 0.15) is 51.9 Å². The van der Waals surface area contributed by atoms with Crippen LogP contribution in [-0.2, 0) is 23.8 Å². The molecule has 1 amide bonds. The van der Waals surface area contributed by atoms with Crippen LogP contribution in [-0.4, -0.2) is 59.1 Å². The van der Waals surface area contributed by atoms with Crippen LogP contribution in [0.5, 0.6) is 0 Å². The van der Waals surface area contributed by atoms with Crippen molar-refractivity contribution in [3.8, 4) is 0 Å². The van der Waals surface area contributed by atoms with Crippen molar-refractivity contribution in [1.82, 2.24) is 5.32 Å². The number of epoxide rings is 2. The Hall–Kier alpha value is -1.02. The molecule has 0 bridgehead atoms. The van der Waals surface area contributed by atoms with Crippen LogP contribution in [0.2, 0.25) is 0 Å². The van der Waals surface area contributed by atoms with E-state index in [-0.39, 0.29) is 23.9 Å². The maximum absolute atomic E-state index is 12.1. The molecule has 24 heavy (non-hydrogen) atoms. The highest BCUT2D eigenvalue weighted by atomic mass is 16.7. The molecule has 3 heterocycles. The molecule has 0 aromatic carbocycles. The third-order valence-corrected chi connectivity index (χ3v) is 5.58. The Morgan fingerprint density at radius 2 is 1.88 bits per heavy atom. The van der Waals surface area contributed by atoms with Gasteiger partial charge in [-0.2, -0.15) is 0 Å². The molecule has 0 aromatic rings. The number of carbonyl (C=O) groups excluding carboxylic acids is 2. The van der Waals surface area contributed by atoms with Crippen LogP contribution in [0.4, 0.5) is 0 Å². The van der Waals surface area contributed by atoms with E-state index in [1.165, 1.54) is 12.8 Å². The smallest absolute Gasteiger partial charge is 0.220 e. The number of ketones is 1. The molecule has 4 aliphatic rings. The largest absolute Gasteiger partial charge is 0.366 e. The first-order valence-electron chi connectivity index (χ1n) is 9.06. The number of unbranched alkanes of at least 4 members (excludes halogenated alkanes) is 4. The first-order chi connectivity index (χ1) is 11.6. The summed E-state index contributed by atoms with van der Waals surface area (Å²) < 4.78 is 16.7. The van der Waals surface area contributed by atoms with Gasteiger partial charge in [-0.1, -0.05) is 32.6 Å². The van der Waals surface area contributed by atoms with Crippen LogP contribution in [0.3, 0.4) is 0 Å². The van der Waals surface area contributed by atoms with E-state index in [2.05, 4.69) is 12.2 Å². The molecule has 1 saturated carbocycles. The zero-order chi connectivity index (χ0) is 16.9. The van der Waals surface area contributed by atoms with E-state index in [1.54, 1.807) is 0 Å². The average Bonchev–Trinajstić information content (AvgIpc) is 3.44. The molecule has 7 nitrogen and oxygen atoms in total. The minimum Gasteiger partial charge on any atom is -0.366 e. The number of hydrogen-bond donors (Lipinski definition) is 2. The zero-order valence-corrected chi connectivity index (χ0v) is 13.9. The first-order valence-corrected chi connectivity index (χ1v) is 9.06. The molecule has 1 unspecified atom stereocenters. The number of hydrogen-bond acceptors (Lipinski definition) is 6. The Balaban J connectivity index is 1.29. The first kappa shape index (κ1) is 16.4. The Bertz CT molecular complexity index is 517. The molecule has 3 saturated heterocycles. The van der Waals surface area contributed by atoms with Gasteiger partial charge in [0, 0.05) is 12.8 Å². The van der Waals surface area contributed by atoms with Gasteiger partial charge in [0.05, 0.1) is 6.04 Å². The second-order valence-corrected chi connectivity index (χ2v) is 7.36. The summed E-state index contributed by atoms with van der Waals surface area (Å²) in [6, 6.07) is -0.476. The second-order valence-electron chi connectivity index (χ2n) is 7.36. The van der Waals surface area contributed by atoms with Gasteiger partial charge in [-0.05, 0) is 6.42 Å². The third kappa shape index (κ3) is 2.67. The van der Waals surface area contributed by atoms with Gasteiger partial charge in [-0.25, -0.2) is 0 Å². The van der Waals surface area contributed by atoms with Crippen molar-refractivity contribution in [3.63, 3.8) is 0 Å². The highest BCUT2D eigenvalue weighted by molar-refractivity contribution is 5.94. The number of Topliss-reactive ketones (excluding diaryl/α,β-unsaturated/α-hetero) is 1. The minimum atomic E-state index is -1.09. The molecule has 134 valence electrons. The van der Waals surface area contributed by atoms with Crippen molar-refractivity contribution in [2.45, 2.75) is 94.2 Å². The van der Waals surface area contributed by atoms with Gasteiger partial charge < -0.3 is 24.6 Å². The summed E-state index contributed by atoms with van der Waals surface area (Å²) in [6.07, 6.45) is 3.60. The molecule has 1 aliphatic carbocycles. The molecule has 4 fully saturated rings. The van der Waals surface area contributed by atoms with E-state index < -0.39 is 30.1 Å². The average molecular weight is 339 g/mol. The van der Waals surface area contributed by atoms with E-state index in [0.29, 0.717) is 12.8 Å². The highest BCUT2D eigenvalue weighted by Crippen LogP contribution is 2.57. The van der Waals surface area contributed by atoms with Crippen LogP contribution in [0.15, 0.2) is 0 Å².